The van der Waals surface area contributed by atoms with Crippen molar-refractivity contribution in [3.63, 3.8) is 0 Å². The van der Waals surface area contributed by atoms with Gasteiger partial charge in [-0.3, -0.25) is 9.59 Å². The molecule has 0 atom stereocenters. The summed E-state index contributed by atoms with van der Waals surface area (Å²) in [5, 5.41) is 11.0. The van der Waals surface area contributed by atoms with Gasteiger partial charge in [0.2, 0.25) is 0 Å². The second-order valence-corrected chi connectivity index (χ2v) is 9.48. The molecule has 9 heteroatoms. The summed E-state index contributed by atoms with van der Waals surface area (Å²) in [5.74, 6) is -1.33. The summed E-state index contributed by atoms with van der Waals surface area (Å²) in [6.07, 6.45) is -0.215. The van der Waals surface area contributed by atoms with Crippen LogP contribution in [0.4, 0.5) is 0 Å². The van der Waals surface area contributed by atoms with Gasteiger partial charge in [-0.25, -0.2) is 12.4 Å². The molecule has 0 aliphatic rings. The van der Waals surface area contributed by atoms with Crippen LogP contribution >= 0.6 is 11.6 Å². The largest absolute Gasteiger partial charge is 0.481 e. The van der Waals surface area contributed by atoms with Crippen molar-refractivity contribution >= 4 is 55.1 Å². The minimum Gasteiger partial charge on any atom is -0.481 e. The molecular formula is C23H19ClN2O5S. The number of halogens is 1. The van der Waals surface area contributed by atoms with E-state index in [9.17, 15) is 18.0 Å². The number of hydrogen-bond acceptors (Lipinski definition) is 5. The molecule has 0 aliphatic heterocycles. The van der Waals surface area contributed by atoms with Gasteiger partial charge in [-0.2, -0.15) is 0 Å². The van der Waals surface area contributed by atoms with Crippen LogP contribution in [0.2, 0.25) is 5.02 Å². The molecule has 32 heavy (non-hydrogen) atoms. The van der Waals surface area contributed by atoms with Crippen LogP contribution in [-0.4, -0.2) is 35.8 Å². The van der Waals surface area contributed by atoms with Crippen LogP contribution in [0, 0.1) is 0 Å². The topological polar surface area (TPSA) is 119 Å². The number of nitrogens with two attached hydrogens (primary N) is 1. The van der Waals surface area contributed by atoms with E-state index in [1.54, 1.807) is 54.6 Å². The quantitative estimate of drug-likeness (QED) is 0.396. The molecule has 164 valence electrons. The van der Waals surface area contributed by atoms with Gasteiger partial charge in [0.25, 0.3) is 10.0 Å². The number of fused-ring (bicyclic) bond motifs is 2. The third-order valence-corrected chi connectivity index (χ3v) is 7.33. The smallest absolute Gasteiger partial charge is 0.303 e. The number of ketones is 1. The van der Waals surface area contributed by atoms with E-state index < -0.39 is 16.0 Å². The highest BCUT2D eigenvalue weighted by molar-refractivity contribution is 7.90. The highest BCUT2D eigenvalue weighted by Crippen LogP contribution is 2.32. The molecule has 0 unspecified atom stereocenters. The number of carbonyl (C=O) groups excluding carboxylic acids is 1. The number of hydrogen-bond donors (Lipinski definition) is 2. The van der Waals surface area contributed by atoms with Crippen LogP contribution in [-0.2, 0) is 21.2 Å². The highest BCUT2D eigenvalue weighted by Gasteiger charge is 2.26. The van der Waals surface area contributed by atoms with Gasteiger partial charge < -0.3 is 10.8 Å². The van der Waals surface area contributed by atoms with E-state index in [2.05, 4.69) is 0 Å². The molecule has 0 spiro atoms. The molecule has 4 aromatic rings. The molecule has 3 N–H and O–H groups in total. The predicted molar refractivity (Wildman–Crippen MR) is 123 cm³/mol. The summed E-state index contributed by atoms with van der Waals surface area (Å²) in [6.45, 7) is -0.196. The Kier molecular flexibility index (Phi) is 5.77. The van der Waals surface area contributed by atoms with Crippen molar-refractivity contribution in [1.82, 2.24) is 3.97 Å². The zero-order valence-electron chi connectivity index (χ0n) is 16.8. The van der Waals surface area contributed by atoms with Crippen molar-refractivity contribution in [2.75, 3.05) is 6.54 Å². The fourth-order valence-electron chi connectivity index (χ4n) is 3.87. The van der Waals surface area contributed by atoms with Crippen LogP contribution in [0.1, 0.15) is 22.5 Å². The first kappa shape index (κ1) is 22.0. The lowest BCUT2D eigenvalue weighted by Gasteiger charge is -2.15. The van der Waals surface area contributed by atoms with Crippen molar-refractivity contribution in [2.45, 2.75) is 17.7 Å². The number of aromatic nitrogens is 1. The Morgan fingerprint density at radius 2 is 1.72 bits per heavy atom. The number of Topliss-reactive ketones (excluding diaryl/α,β-unsaturated/α-hetero) is 1. The summed E-state index contributed by atoms with van der Waals surface area (Å²) in [7, 11) is -4.15. The Hall–Kier alpha value is -3.20. The Morgan fingerprint density at radius 1 is 1.00 bits per heavy atom. The van der Waals surface area contributed by atoms with Crippen molar-refractivity contribution in [2.24, 2.45) is 5.73 Å². The molecule has 0 saturated heterocycles. The minimum atomic E-state index is -4.15. The van der Waals surface area contributed by atoms with Crippen LogP contribution in [0.3, 0.4) is 0 Å². The maximum Gasteiger partial charge on any atom is 0.303 e. The average molecular weight is 471 g/mol. The van der Waals surface area contributed by atoms with Crippen LogP contribution in [0.15, 0.2) is 65.6 Å². The third kappa shape index (κ3) is 3.77. The molecule has 4 rings (SSSR count). The Morgan fingerprint density at radius 3 is 2.44 bits per heavy atom. The average Bonchev–Trinajstić information content (AvgIpc) is 3.14. The normalized spacial score (nSPS) is 11.8. The maximum absolute atomic E-state index is 13.9. The summed E-state index contributed by atoms with van der Waals surface area (Å²) >= 11 is 6.08. The van der Waals surface area contributed by atoms with Gasteiger partial charge in [-0.05, 0) is 42.1 Å². The summed E-state index contributed by atoms with van der Waals surface area (Å²) < 4.78 is 29.0. The second kappa shape index (κ2) is 8.38. The molecule has 0 bridgehead atoms. The lowest BCUT2D eigenvalue weighted by atomic mass is 10.0. The van der Waals surface area contributed by atoms with E-state index in [1.807, 2.05) is 0 Å². The van der Waals surface area contributed by atoms with E-state index in [0.717, 1.165) is 3.97 Å². The number of carboxylic acid groups (broad SMARTS) is 1. The highest BCUT2D eigenvalue weighted by atomic mass is 35.5. The lowest BCUT2D eigenvalue weighted by Crippen LogP contribution is -2.17. The molecule has 3 aromatic carbocycles. The minimum absolute atomic E-state index is 0.00527. The van der Waals surface area contributed by atoms with Gasteiger partial charge in [0.05, 0.1) is 23.4 Å². The van der Waals surface area contributed by atoms with Gasteiger partial charge in [-0.1, -0.05) is 41.9 Å². The molecule has 0 fully saturated rings. The summed E-state index contributed by atoms with van der Waals surface area (Å²) in [5.41, 5.74) is 6.58. The second-order valence-electron chi connectivity index (χ2n) is 7.29. The van der Waals surface area contributed by atoms with Gasteiger partial charge in [0.15, 0.2) is 5.78 Å². The molecule has 7 nitrogen and oxygen atoms in total. The van der Waals surface area contributed by atoms with E-state index in [0.29, 0.717) is 38.0 Å². The molecule has 0 saturated carbocycles. The maximum atomic E-state index is 13.9. The van der Waals surface area contributed by atoms with Crippen molar-refractivity contribution < 1.29 is 23.1 Å². The number of nitrogens with zero attached hydrogens (tertiary/aromatic N) is 1. The first-order valence-electron chi connectivity index (χ1n) is 9.76. The Labute approximate surface area is 189 Å². The Bertz CT molecular complexity index is 1490. The number of benzene rings is 3. The molecular weight excluding hydrogens is 452 g/mol. The monoisotopic (exact) mass is 470 g/mol. The summed E-state index contributed by atoms with van der Waals surface area (Å²) in [4.78, 5) is 23.4. The molecule has 1 aromatic heterocycles. The van der Waals surface area contributed by atoms with Gasteiger partial charge in [0.1, 0.15) is 0 Å². The Balaban J connectivity index is 2.00. The third-order valence-electron chi connectivity index (χ3n) is 5.27. The van der Waals surface area contributed by atoms with Crippen molar-refractivity contribution in [3.05, 3.63) is 76.9 Å². The fourth-order valence-corrected chi connectivity index (χ4v) is 5.83. The lowest BCUT2D eigenvalue weighted by molar-refractivity contribution is -0.136. The number of carboxylic acids is 1. The van der Waals surface area contributed by atoms with Crippen molar-refractivity contribution in [3.8, 4) is 0 Å². The van der Waals surface area contributed by atoms with Crippen LogP contribution in [0.25, 0.3) is 21.7 Å². The standard InChI is InChI=1S/C23H19ClN2O5S/c24-15-7-9-20-14(11-15)12-16(8-10-23(28)29)26(20)32(30,31)22-6-2-3-17-18(21(27)13-25)4-1-5-19(17)22/h1-7,9,11-12H,8,10,13,25H2,(H,28,29). The number of aliphatic carboxylic acids is 1. The first-order chi connectivity index (χ1) is 15.2. The van der Waals surface area contributed by atoms with E-state index >= 15 is 0 Å². The number of aryl methyl sites for hydroxylation is 1. The molecule has 0 radical (unpaired) electrons. The fraction of sp³-hybridized carbons (Fsp3) is 0.130. The zero-order valence-corrected chi connectivity index (χ0v) is 18.4. The van der Waals surface area contributed by atoms with Gasteiger partial charge >= 0.3 is 5.97 Å². The molecule has 1 heterocycles. The van der Waals surface area contributed by atoms with E-state index in [1.165, 1.54) is 6.07 Å². The number of carbonyl (C=O) groups is 2. The predicted octanol–water partition coefficient (Wildman–Crippen LogP) is 3.84. The molecule has 0 amide bonds. The van der Waals surface area contributed by atoms with E-state index in [-0.39, 0.29) is 30.1 Å². The first-order valence-corrected chi connectivity index (χ1v) is 11.6. The van der Waals surface area contributed by atoms with Crippen molar-refractivity contribution in [1.29, 1.82) is 0 Å². The number of rotatable bonds is 7. The summed E-state index contributed by atoms with van der Waals surface area (Å²) in [6, 6.07) is 16.0. The van der Waals surface area contributed by atoms with Gasteiger partial charge in [0, 0.05) is 27.1 Å². The van der Waals surface area contributed by atoms with Gasteiger partial charge in [-0.15, -0.1) is 0 Å². The SMILES string of the molecule is NCC(=O)c1cccc2c(S(=O)(=O)n3c(CCC(=O)O)cc4cc(Cl)ccc43)cccc12. The zero-order chi connectivity index (χ0) is 23.0. The molecule has 0 aliphatic carbocycles. The van der Waals surface area contributed by atoms with Crippen LogP contribution < -0.4 is 5.73 Å². The van der Waals surface area contributed by atoms with E-state index in [4.69, 9.17) is 22.4 Å². The van der Waals surface area contributed by atoms with Crippen LogP contribution in [0.5, 0.6) is 0 Å².